The van der Waals surface area contributed by atoms with Crippen LogP contribution in [0, 0.1) is 0 Å². The number of halogens is 5. The second kappa shape index (κ2) is 7.90. The topological polar surface area (TPSA) is 41.1 Å². The summed E-state index contributed by atoms with van der Waals surface area (Å²) in [6.07, 6.45) is -4.05. The van der Waals surface area contributed by atoms with E-state index in [2.05, 4.69) is 26.6 Å². The largest absolute Gasteiger partial charge is 0.418 e. The van der Waals surface area contributed by atoms with Gasteiger partial charge in [-0.15, -0.1) is 0 Å². The molecule has 0 aliphatic heterocycles. The fourth-order valence-corrected chi connectivity index (χ4v) is 2.66. The molecule has 24 heavy (non-hydrogen) atoms. The van der Waals surface area contributed by atoms with Gasteiger partial charge < -0.3 is 10.6 Å². The highest BCUT2D eigenvalue weighted by Crippen LogP contribution is 2.36. The Morgan fingerprint density at radius 2 is 1.92 bits per heavy atom. The lowest BCUT2D eigenvalue weighted by Crippen LogP contribution is -2.31. The fraction of sp³-hybridized carbons (Fsp3) is 0.188. The Morgan fingerprint density at radius 1 is 1.17 bits per heavy atom. The number of nitrogens with one attached hydrogen (secondary N) is 2. The molecule has 2 amide bonds. The summed E-state index contributed by atoms with van der Waals surface area (Å²) in [6.45, 7) is 0.289. The molecule has 0 spiro atoms. The van der Waals surface area contributed by atoms with Crippen molar-refractivity contribution in [1.29, 1.82) is 0 Å². The first-order valence-electron chi connectivity index (χ1n) is 6.92. The average molecular weight is 422 g/mol. The zero-order chi connectivity index (χ0) is 17.7. The Hall–Kier alpha value is -1.73. The number of urea groups is 1. The van der Waals surface area contributed by atoms with Gasteiger partial charge in [0.15, 0.2) is 0 Å². The molecule has 0 heterocycles. The number of alkyl halides is 3. The molecule has 8 heteroatoms. The van der Waals surface area contributed by atoms with E-state index in [9.17, 15) is 18.0 Å². The summed E-state index contributed by atoms with van der Waals surface area (Å²) < 4.78 is 39.8. The molecule has 0 unspecified atom stereocenters. The van der Waals surface area contributed by atoms with Gasteiger partial charge in [-0.2, -0.15) is 13.2 Å². The maximum absolute atomic E-state index is 13.0. The minimum atomic E-state index is -4.61. The standard InChI is InChI=1S/C16H13BrClF3N2O/c17-11-3-1-2-10(8-11)6-7-22-15(24)23-14-5-4-12(18)9-13(14)16(19,20)21/h1-5,8-9H,6-7H2,(H2,22,23,24). The van der Waals surface area contributed by atoms with E-state index in [-0.39, 0.29) is 17.3 Å². The van der Waals surface area contributed by atoms with E-state index < -0.39 is 17.8 Å². The molecule has 0 aromatic heterocycles. The van der Waals surface area contributed by atoms with E-state index in [1.54, 1.807) is 0 Å². The molecule has 0 aliphatic carbocycles. The Bertz CT molecular complexity index is 738. The number of hydrogen-bond acceptors (Lipinski definition) is 1. The van der Waals surface area contributed by atoms with E-state index >= 15 is 0 Å². The number of anilines is 1. The van der Waals surface area contributed by atoms with Crippen LogP contribution in [-0.4, -0.2) is 12.6 Å². The van der Waals surface area contributed by atoms with Gasteiger partial charge in [0.05, 0.1) is 11.3 Å². The summed E-state index contributed by atoms with van der Waals surface area (Å²) in [5, 5.41) is 4.68. The van der Waals surface area contributed by atoms with Gasteiger partial charge in [0.2, 0.25) is 0 Å². The smallest absolute Gasteiger partial charge is 0.338 e. The van der Waals surface area contributed by atoms with Crippen molar-refractivity contribution in [2.24, 2.45) is 0 Å². The Balaban J connectivity index is 1.95. The van der Waals surface area contributed by atoms with Gasteiger partial charge in [-0.05, 0) is 42.3 Å². The van der Waals surface area contributed by atoms with Crippen LogP contribution in [-0.2, 0) is 12.6 Å². The van der Waals surface area contributed by atoms with Gasteiger partial charge in [0.25, 0.3) is 0 Å². The lowest BCUT2D eigenvalue weighted by molar-refractivity contribution is -0.136. The first-order valence-corrected chi connectivity index (χ1v) is 8.09. The van der Waals surface area contributed by atoms with Crippen LogP contribution in [0.25, 0.3) is 0 Å². The van der Waals surface area contributed by atoms with Gasteiger partial charge in [-0.1, -0.05) is 39.7 Å². The molecule has 2 rings (SSSR count). The SMILES string of the molecule is O=C(NCCc1cccc(Br)c1)Nc1ccc(Cl)cc1C(F)(F)F. The van der Waals surface area contributed by atoms with Crippen LogP contribution in [0.15, 0.2) is 46.9 Å². The van der Waals surface area contributed by atoms with Crippen LogP contribution in [0.5, 0.6) is 0 Å². The van der Waals surface area contributed by atoms with Crippen molar-refractivity contribution in [3.63, 3.8) is 0 Å². The Kier molecular flexibility index (Phi) is 6.12. The van der Waals surface area contributed by atoms with E-state index in [0.717, 1.165) is 22.2 Å². The van der Waals surface area contributed by atoms with Crippen molar-refractivity contribution in [2.75, 3.05) is 11.9 Å². The summed E-state index contributed by atoms with van der Waals surface area (Å²) in [5.74, 6) is 0. The highest BCUT2D eigenvalue weighted by Gasteiger charge is 2.34. The molecule has 0 fully saturated rings. The number of carbonyl (C=O) groups excluding carboxylic acids is 1. The van der Waals surface area contributed by atoms with Crippen LogP contribution < -0.4 is 10.6 Å². The van der Waals surface area contributed by atoms with Gasteiger partial charge in [0, 0.05) is 16.0 Å². The summed E-state index contributed by atoms with van der Waals surface area (Å²) in [7, 11) is 0. The number of carbonyl (C=O) groups is 1. The maximum atomic E-state index is 13.0. The predicted octanol–water partition coefficient (Wildman–Crippen LogP) is 5.49. The third-order valence-corrected chi connectivity index (χ3v) is 3.85. The first-order chi connectivity index (χ1) is 11.3. The number of rotatable bonds is 4. The van der Waals surface area contributed by atoms with E-state index in [0.29, 0.717) is 6.42 Å². The van der Waals surface area contributed by atoms with Crippen LogP contribution in [0.4, 0.5) is 23.7 Å². The zero-order valence-corrected chi connectivity index (χ0v) is 14.6. The fourth-order valence-electron chi connectivity index (χ4n) is 2.04. The van der Waals surface area contributed by atoms with Crippen LogP contribution >= 0.6 is 27.5 Å². The van der Waals surface area contributed by atoms with Crippen molar-refractivity contribution in [2.45, 2.75) is 12.6 Å². The molecule has 0 bridgehead atoms. The summed E-state index contributed by atoms with van der Waals surface area (Å²) in [5.41, 5.74) is -0.337. The second-order valence-electron chi connectivity index (χ2n) is 4.95. The summed E-state index contributed by atoms with van der Waals surface area (Å²) in [4.78, 5) is 11.8. The minimum absolute atomic E-state index is 0.0528. The molecule has 0 aliphatic rings. The van der Waals surface area contributed by atoms with Crippen LogP contribution in [0.3, 0.4) is 0 Å². The number of amides is 2. The van der Waals surface area contributed by atoms with Crippen molar-refractivity contribution in [1.82, 2.24) is 5.32 Å². The molecular formula is C16H13BrClF3N2O. The van der Waals surface area contributed by atoms with Crippen molar-refractivity contribution in [3.8, 4) is 0 Å². The van der Waals surface area contributed by atoms with Crippen LogP contribution in [0.2, 0.25) is 5.02 Å². The number of hydrogen-bond donors (Lipinski definition) is 2. The summed E-state index contributed by atoms with van der Waals surface area (Å²) >= 11 is 8.93. The first kappa shape index (κ1) is 18.6. The van der Waals surface area contributed by atoms with Gasteiger partial charge in [-0.25, -0.2) is 4.79 Å². The van der Waals surface area contributed by atoms with Gasteiger partial charge in [-0.3, -0.25) is 0 Å². The van der Waals surface area contributed by atoms with Crippen molar-refractivity contribution < 1.29 is 18.0 Å². The normalized spacial score (nSPS) is 11.2. The lowest BCUT2D eigenvalue weighted by Gasteiger charge is -2.14. The number of benzene rings is 2. The quantitative estimate of drug-likeness (QED) is 0.674. The van der Waals surface area contributed by atoms with Gasteiger partial charge in [0.1, 0.15) is 0 Å². The molecular weight excluding hydrogens is 409 g/mol. The molecule has 2 aromatic carbocycles. The molecule has 0 saturated heterocycles. The minimum Gasteiger partial charge on any atom is -0.338 e. The lowest BCUT2D eigenvalue weighted by atomic mass is 10.1. The monoisotopic (exact) mass is 420 g/mol. The summed E-state index contributed by atoms with van der Waals surface area (Å²) in [6, 6.07) is 10.0. The van der Waals surface area contributed by atoms with Crippen molar-refractivity contribution in [3.05, 3.63) is 63.1 Å². The highest BCUT2D eigenvalue weighted by atomic mass is 79.9. The highest BCUT2D eigenvalue weighted by molar-refractivity contribution is 9.10. The predicted molar refractivity (Wildman–Crippen MR) is 91.3 cm³/mol. The average Bonchev–Trinajstić information content (AvgIpc) is 2.48. The molecule has 2 N–H and O–H groups in total. The molecule has 0 saturated carbocycles. The maximum Gasteiger partial charge on any atom is 0.418 e. The third kappa shape index (κ3) is 5.42. The second-order valence-corrected chi connectivity index (χ2v) is 6.30. The molecule has 128 valence electrons. The zero-order valence-electron chi connectivity index (χ0n) is 12.3. The van der Waals surface area contributed by atoms with Crippen molar-refractivity contribution >= 4 is 39.2 Å². The molecule has 0 atom stereocenters. The van der Waals surface area contributed by atoms with Crippen LogP contribution in [0.1, 0.15) is 11.1 Å². The molecule has 2 aromatic rings. The van der Waals surface area contributed by atoms with E-state index in [1.165, 1.54) is 6.07 Å². The van der Waals surface area contributed by atoms with E-state index in [4.69, 9.17) is 11.6 Å². The Morgan fingerprint density at radius 3 is 2.58 bits per heavy atom. The molecule has 3 nitrogen and oxygen atoms in total. The van der Waals surface area contributed by atoms with Gasteiger partial charge >= 0.3 is 12.2 Å². The Labute approximate surface area is 150 Å². The third-order valence-electron chi connectivity index (χ3n) is 3.12. The molecule has 0 radical (unpaired) electrons. The van der Waals surface area contributed by atoms with E-state index in [1.807, 2.05) is 24.3 Å².